The van der Waals surface area contributed by atoms with E-state index in [0.717, 1.165) is 21.3 Å². The molecular weight excluding hydrogens is 414 g/mol. The zero-order valence-corrected chi connectivity index (χ0v) is 16.8. The van der Waals surface area contributed by atoms with Crippen LogP contribution in [0.3, 0.4) is 0 Å². The van der Waals surface area contributed by atoms with E-state index >= 15 is 0 Å². The number of anilines is 1. The molecule has 7 heteroatoms. The Labute approximate surface area is 166 Å². The van der Waals surface area contributed by atoms with Crippen molar-refractivity contribution in [3.63, 3.8) is 0 Å². The minimum absolute atomic E-state index is 0.163. The smallest absolute Gasteiger partial charge is 0.330 e. The number of halogens is 1. The van der Waals surface area contributed by atoms with Crippen LogP contribution in [0.4, 0.5) is 5.69 Å². The summed E-state index contributed by atoms with van der Waals surface area (Å²) in [5.41, 5.74) is 2.40. The summed E-state index contributed by atoms with van der Waals surface area (Å²) in [7, 11) is 2.81. The second kappa shape index (κ2) is 9.78. The molecule has 0 aliphatic heterocycles. The highest BCUT2D eigenvalue weighted by Crippen LogP contribution is 2.28. The number of carbonyl (C=O) groups excluding carboxylic acids is 2. The SMILES string of the molecule is COC(=O)/C=C/c1ccc(OCC(=O)Nc2ccc(Br)cc2C)c(OC)c1. The lowest BCUT2D eigenvalue weighted by Crippen LogP contribution is -2.20. The average molecular weight is 434 g/mol. The van der Waals surface area contributed by atoms with Crippen molar-refractivity contribution in [1.29, 1.82) is 0 Å². The van der Waals surface area contributed by atoms with Crippen molar-refractivity contribution in [1.82, 2.24) is 0 Å². The molecule has 0 spiro atoms. The van der Waals surface area contributed by atoms with Crippen LogP contribution in [0.1, 0.15) is 11.1 Å². The molecule has 1 amide bonds. The molecule has 2 aromatic carbocycles. The second-order valence-corrected chi connectivity index (χ2v) is 6.48. The summed E-state index contributed by atoms with van der Waals surface area (Å²) >= 11 is 3.39. The first-order valence-electron chi connectivity index (χ1n) is 8.06. The molecule has 0 aromatic heterocycles. The number of benzene rings is 2. The van der Waals surface area contributed by atoms with Gasteiger partial charge in [0.15, 0.2) is 18.1 Å². The maximum Gasteiger partial charge on any atom is 0.330 e. The normalized spacial score (nSPS) is 10.5. The Morgan fingerprint density at radius 1 is 1.11 bits per heavy atom. The van der Waals surface area contributed by atoms with Crippen LogP contribution in [0.15, 0.2) is 46.9 Å². The van der Waals surface area contributed by atoms with Crippen LogP contribution >= 0.6 is 15.9 Å². The molecular formula is C20H20BrNO5. The maximum atomic E-state index is 12.1. The lowest BCUT2D eigenvalue weighted by atomic mass is 10.2. The van der Waals surface area contributed by atoms with Crippen LogP contribution in [-0.4, -0.2) is 32.7 Å². The van der Waals surface area contributed by atoms with Gasteiger partial charge in [-0.05, 0) is 54.5 Å². The van der Waals surface area contributed by atoms with Crippen molar-refractivity contribution in [2.45, 2.75) is 6.92 Å². The van der Waals surface area contributed by atoms with Gasteiger partial charge in [0.25, 0.3) is 5.91 Å². The zero-order chi connectivity index (χ0) is 19.8. The van der Waals surface area contributed by atoms with E-state index in [1.807, 2.05) is 25.1 Å². The number of esters is 1. The molecule has 0 aliphatic carbocycles. The Kier molecular flexibility index (Phi) is 7.43. The molecule has 0 unspecified atom stereocenters. The maximum absolute atomic E-state index is 12.1. The van der Waals surface area contributed by atoms with Gasteiger partial charge in [-0.25, -0.2) is 4.79 Å². The highest BCUT2D eigenvalue weighted by molar-refractivity contribution is 9.10. The third-order valence-electron chi connectivity index (χ3n) is 3.62. The molecule has 27 heavy (non-hydrogen) atoms. The van der Waals surface area contributed by atoms with Gasteiger partial charge < -0.3 is 19.5 Å². The fourth-order valence-corrected chi connectivity index (χ4v) is 2.71. The quantitative estimate of drug-likeness (QED) is 0.528. The predicted octanol–water partition coefficient (Wildman–Crippen LogP) is 3.97. The number of aryl methyl sites for hydroxylation is 1. The summed E-state index contributed by atoms with van der Waals surface area (Å²) in [6, 6.07) is 10.7. The molecule has 1 N–H and O–H groups in total. The molecule has 0 atom stereocenters. The third kappa shape index (κ3) is 6.14. The Balaban J connectivity index is 2.01. The fourth-order valence-electron chi connectivity index (χ4n) is 2.24. The summed E-state index contributed by atoms with van der Waals surface area (Å²) in [5.74, 6) is 0.149. The molecule has 142 valence electrons. The number of ether oxygens (including phenoxy) is 3. The van der Waals surface area contributed by atoms with Crippen LogP contribution in [0.5, 0.6) is 11.5 Å². The van der Waals surface area contributed by atoms with Gasteiger partial charge in [0.2, 0.25) is 0 Å². The van der Waals surface area contributed by atoms with Gasteiger partial charge in [0, 0.05) is 16.2 Å². The Morgan fingerprint density at radius 2 is 1.89 bits per heavy atom. The van der Waals surface area contributed by atoms with Gasteiger partial charge in [-0.15, -0.1) is 0 Å². The van der Waals surface area contributed by atoms with E-state index in [1.165, 1.54) is 20.3 Å². The van der Waals surface area contributed by atoms with Crippen LogP contribution in [0.25, 0.3) is 6.08 Å². The molecule has 6 nitrogen and oxygen atoms in total. The molecule has 0 fully saturated rings. The van der Waals surface area contributed by atoms with Crippen molar-refractivity contribution in [3.05, 3.63) is 58.1 Å². The van der Waals surface area contributed by atoms with Crippen molar-refractivity contribution in [2.75, 3.05) is 26.1 Å². The van der Waals surface area contributed by atoms with Crippen LogP contribution in [-0.2, 0) is 14.3 Å². The van der Waals surface area contributed by atoms with E-state index in [9.17, 15) is 9.59 Å². The standard InChI is InChI=1S/C20H20BrNO5/c1-13-10-15(21)6-7-16(13)22-19(23)12-27-17-8-4-14(11-18(17)25-2)5-9-20(24)26-3/h4-11H,12H2,1-3H3,(H,22,23)/b9-5+. The third-order valence-corrected chi connectivity index (χ3v) is 4.12. The largest absolute Gasteiger partial charge is 0.493 e. The van der Waals surface area contributed by atoms with Gasteiger partial charge in [-0.2, -0.15) is 0 Å². The summed E-state index contributed by atoms with van der Waals surface area (Å²) in [6.45, 7) is 1.74. The van der Waals surface area contributed by atoms with E-state index in [4.69, 9.17) is 9.47 Å². The van der Waals surface area contributed by atoms with E-state index in [0.29, 0.717) is 11.5 Å². The number of amides is 1. The van der Waals surface area contributed by atoms with E-state index in [2.05, 4.69) is 26.0 Å². The van der Waals surface area contributed by atoms with Crippen molar-refractivity contribution < 1.29 is 23.8 Å². The highest BCUT2D eigenvalue weighted by atomic mass is 79.9. The van der Waals surface area contributed by atoms with Gasteiger partial charge >= 0.3 is 5.97 Å². The molecule has 2 aromatic rings. The first-order valence-corrected chi connectivity index (χ1v) is 8.85. The van der Waals surface area contributed by atoms with Crippen molar-refractivity contribution in [2.24, 2.45) is 0 Å². The number of rotatable bonds is 7. The first kappa shape index (κ1) is 20.5. The monoisotopic (exact) mass is 433 g/mol. The molecule has 2 rings (SSSR count). The fraction of sp³-hybridized carbons (Fsp3) is 0.200. The van der Waals surface area contributed by atoms with Crippen LogP contribution in [0.2, 0.25) is 0 Å². The number of hydrogen-bond acceptors (Lipinski definition) is 5. The minimum Gasteiger partial charge on any atom is -0.493 e. The highest BCUT2D eigenvalue weighted by Gasteiger charge is 2.10. The molecule has 0 heterocycles. The zero-order valence-electron chi connectivity index (χ0n) is 15.2. The summed E-state index contributed by atoms with van der Waals surface area (Å²) < 4.78 is 16.4. The van der Waals surface area contributed by atoms with Gasteiger partial charge in [0.05, 0.1) is 14.2 Å². The molecule has 0 saturated carbocycles. The average Bonchev–Trinajstić information content (AvgIpc) is 2.66. The molecule has 0 bridgehead atoms. The number of methoxy groups -OCH3 is 2. The van der Waals surface area contributed by atoms with Crippen molar-refractivity contribution in [3.8, 4) is 11.5 Å². The minimum atomic E-state index is -0.450. The topological polar surface area (TPSA) is 73.9 Å². The Morgan fingerprint density at radius 3 is 2.56 bits per heavy atom. The van der Waals surface area contributed by atoms with E-state index in [1.54, 1.807) is 24.3 Å². The van der Waals surface area contributed by atoms with E-state index < -0.39 is 5.97 Å². The number of carbonyl (C=O) groups is 2. The summed E-state index contributed by atoms with van der Waals surface area (Å²) in [4.78, 5) is 23.3. The Bertz CT molecular complexity index is 863. The summed E-state index contributed by atoms with van der Waals surface area (Å²) in [5, 5.41) is 2.81. The van der Waals surface area contributed by atoms with Gasteiger partial charge in [-0.3, -0.25) is 4.79 Å². The number of nitrogens with one attached hydrogen (secondary N) is 1. The first-order chi connectivity index (χ1) is 12.9. The number of hydrogen-bond donors (Lipinski definition) is 1. The lowest BCUT2D eigenvalue weighted by Gasteiger charge is -2.12. The molecule has 0 radical (unpaired) electrons. The molecule has 0 saturated heterocycles. The lowest BCUT2D eigenvalue weighted by molar-refractivity contribution is -0.134. The Hall–Kier alpha value is -2.80. The van der Waals surface area contributed by atoms with Gasteiger partial charge in [-0.1, -0.05) is 22.0 Å². The van der Waals surface area contributed by atoms with Crippen LogP contribution in [0, 0.1) is 6.92 Å². The van der Waals surface area contributed by atoms with Gasteiger partial charge in [0.1, 0.15) is 0 Å². The predicted molar refractivity (Wildman–Crippen MR) is 107 cm³/mol. The molecule has 0 aliphatic rings. The van der Waals surface area contributed by atoms with E-state index in [-0.39, 0.29) is 12.5 Å². The summed E-state index contributed by atoms with van der Waals surface area (Å²) in [6.07, 6.45) is 2.91. The van der Waals surface area contributed by atoms with Crippen molar-refractivity contribution >= 4 is 39.6 Å². The van der Waals surface area contributed by atoms with Crippen LogP contribution < -0.4 is 14.8 Å². The second-order valence-electron chi connectivity index (χ2n) is 5.56.